The van der Waals surface area contributed by atoms with Crippen molar-refractivity contribution >= 4 is 17.6 Å². The van der Waals surface area contributed by atoms with Gasteiger partial charge in [-0.25, -0.2) is 9.97 Å². The number of amides is 2. The third kappa shape index (κ3) is 3.33. The van der Waals surface area contributed by atoms with Crippen LogP contribution in [0.4, 0.5) is 5.82 Å². The topological polar surface area (TPSA) is 98.9 Å². The van der Waals surface area contributed by atoms with Gasteiger partial charge >= 0.3 is 0 Å². The van der Waals surface area contributed by atoms with Gasteiger partial charge in [-0.05, 0) is 48.5 Å². The minimum Gasteiger partial charge on any atom is -0.368 e. The highest BCUT2D eigenvalue weighted by molar-refractivity contribution is 5.95. The molecule has 1 aromatic heterocycles. The lowest BCUT2D eigenvalue weighted by Gasteiger charge is -2.51. The predicted octanol–water partition coefficient (Wildman–Crippen LogP) is -0.525. The number of primary amides is 1. The van der Waals surface area contributed by atoms with Gasteiger partial charge in [-0.1, -0.05) is 0 Å². The fourth-order valence-corrected chi connectivity index (χ4v) is 3.90. The predicted molar refractivity (Wildman–Crippen MR) is 107 cm³/mol. The van der Waals surface area contributed by atoms with Crippen molar-refractivity contribution in [1.29, 1.82) is 0 Å². The Morgan fingerprint density at radius 2 is 1.79 bits per heavy atom. The van der Waals surface area contributed by atoms with Crippen molar-refractivity contribution < 1.29 is 9.59 Å². The van der Waals surface area contributed by atoms with Gasteiger partial charge in [-0.3, -0.25) is 14.5 Å². The Kier molecular flexibility index (Phi) is 5.33. The van der Waals surface area contributed by atoms with E-state index in [1.165, 1.54) is 0 Å². The fraction of sp³-hybridized carbons (Fsp3) is 0.684. The Hall–Kier alpha value is -2.26. The summed E-state index contributed by atoms with van der Waals surface area (Å²) in [5, 5.41) is 0. The van der Waals surface area contributed by atoms with Crippen LogP contribution in [0.1, 0.15) is 28.3 Å². The van der Waals surface area contributed by atoms with Gasteiger partial charge in [0.05, 0.1) is 13.1 Å². The first kappa shape index (κ1) is 20.5. The summed E-state index contributed by atoms with van der Waals surface area (Å²) < 4.78 is 0. The van der Waals surface area contributed by atoms with Crippen LogP contribution in [0.5, 0.6) is 0 Å². The van der Waals surface area contributed by atoms with E-state index < -0.39 is 11.4 Å². The third-order valence-electron chi connectivity index (χ3n) is 6.25. The van der Waals surface area contributed by atoms with Crippen LogP contribution in [0.2, 0.25) is 0 Å². The largest absolute Gasteiger partial charge is 0.368 e. The van der Waals surface area contributed by atoms with Gasteiger partial charge in [0, 0.05) is 30.4 Å². The number of hydrogen-bond acceptors (Lipinski definition) is 7. The van der Waals surface area contributed by atoms with E-state index in [0.29, 0.717) is 6.04 Å². The molecule has 0 spiro atoms. The first-order valence-electron chi connectivity index (χ1n) is 9.60. The molecule has 1 aromatic rings. The number of aromatic nitrogens is 2. The van der Waals surface area contributed by atoms with Crippen molar-refractivity contribution in [3.05, 3.63) is 17.1 Å². The average Bonchev–Trinajstić information content (AvgIpc) is 3.05. The van der Waals surface area contributed by atoms with Crippen LogP contribution in [0.3, 0.4) is 0 Å². The molecule has 0 aliphatic carbocycles. The summed E-state index contributed by atoms with van der Waals surface area (Å²) in [7, 11) is 7.76. The van der Waals surface area contributed by atoms with Crippen molar-refractivity contribution in [2.75, 3.05) is 59.3 Å². The van der Waals surface area contributed by atoms with Crippen molar-refractivity contribution in [1.82, 2.24) is 24.7 Å². The number of aryl methyl sites for hydroxylation is 1. The van der Waals surface area contributed by atoms with E-state index >= 15 is 0 Å². The van der Waals surface area contributed by atoms with Crippen LogP contribution in [0, 0.1) is 13.8 Å². The number of likely N-dealkylation sites (N-methyl/N-ethyl adjacent to an activating group) is 2. The van der Waals surface area contributed by atoms with E-state index in [9.17, 15) is 9.59 Å². The first-order valence-corrected chi connectivity index (χ1v) is 9.60. The zero-order valence-electron chi connectivity index (χ0n) is 17.7. The van der Waals surface area contributed by atoms with Crippen molar-refractivity contribution in [3.8, 4) is 0 Å². The number of nitrogens with zero attached hydrogens (tertiary/aromatic N) is 6. The number of anilines is 1. The molecule has 0 unspecified atom stereocenters. The van der Waals surface area contributed by atoms with Crippen molar-refractivity contribution in [2.24, 2.45) is 5.73 Å². The van der Waals surface area contributed by atoms with Crippen LogP contribution in [-0.2, 0) is 4.79 Å². The highest BCUT2D eigenvalue weighted by Crippen LogP contribution is 2.29. The molecule has 3 rings (SSSR count). The molecule has 2 saturated heterocycles. The average molecular weight is 390 g/mol. The SMILES string of the molecule is Cc1nc(C(=O)N2CC(C(N)=O)(N(C)C)C2)nc(N2CC[C@@H](N(C)C)C2)c1C. The monoisotopic (exact) mass is 389 g/mol. The van der Waals surface area contributed by atoms with E-state index in [2.05, 4.69) is 33.9 Å². The molecule has 3 heterocycles. The van der Waals surface area contributed by atoms with Gasteiger partial charge in [-0.15, -0.1) is 0 Å². The summed E-state index contributed by atoms with van der Waals surface area (Å²) in [6.07, 6.45) is 1.06. The molecule has 0 saturated carbocycles. The minimum absolute atomic E-state index is 0.184. The molecule has 2 fully saturated rings. The highest BCUT2D eigenvalue weighted by Gasteiger charge is 2.52. The molecule has 0 aromatic carbocycles. The zero-order valence-corrected chi connectivity index (χ0v) is 17.7. The molecular formula is C19H31N7O2. The second-order valence-electron chi connectivity index (χ2n) is 8.38. The number of likely N-dealkylation sites (tertiary alicyclic amines) is 1. The minimum atomic E-state index is -0.813. The lowest BCUT2D eigenvalue weighted by Crippen LogP contribution is -2.75. The van der Waals surface area contributed by atoms with Crippen LogP contribution < -0.4 is 10.6 Å². The lowest BCUT2D eigenvalue weighted by atomic mass is 9.87. The quantitative estimate of drug-likeness (QED) is 0.723. The molecule has 0 radical (unpaired) electrons. The number of hydrogen-bond donors (Lipinski definition) is 1. The van der Waals surface area contributed by atoms with Gasteiger partial charge in [0.15, 0.2) is 0 Å². The van der Waals surface area contributed by atoms with Gasteiger partial charge < -0.3 is 20.4 Å². The van der Waals surface area contributed by atoms with Crippen molar-refractivity contribution in [2.45, 2.75) is 31.8 Å². The fourth-order valence-electron chi connectivity index (χ4n) is 3.90. The standard InChI is InChI=1S/C19H31N7O2/c1-12-13(2)21-15(22-16(12)25-8-7-14(9-25)23(3)4)17(27)26-10-19(11-26,18(20)28)24(5)6/h14H,7-11H2,1-6H3,(H2,20,28)/t14-/m1/s1. The Labute approximate surface area is 166 Å². The molecule has 2 N–H and O–H groups in total. The molecule has 2 aliphatic rings. The smallest absolute Gasteiger partial charge is 0.291 e. The molecule has 1 atom stereocenters. The van der Waals surface area contributed by atoms with E-state index in [1.807, 2.05) is 13.8 Å². The van der Waals surface area contributed by atoms with Crippen LogP contribution in [0.25, 0.3) is 0 Å². The second kappa shape index (κ2) is 7.29. The van der Waals surface area contributed by atoms with Crippen LogP contribution in [0.15, 0.2) is 0 Å². The highest BCUT2D eigenvalue weighted by atomic mass is 16.2. The number of rotatable bonds is 5. The Morgan fingerprint density at radius 3 is 2.29 bits per heavy atom. The summed E-state index contributed by atoms with van der Waals surface area (Å²) in [5.74, 6) is 0.333. The molecule has 0 bridgehead atoms. The Bertz CT molecular complexity index is 787. The van der Waals surface area contributed by atoms with E-state index in [1.54, 1.807) is 23.9 Å². The molecule has 2 aliphatic heterocycles. The second-order valence-corrected chi connectivity index (χ2v) is 8.38. The van der Waals surface area contributed by atoms with Crippen LogP contribution >= 0.6 is 0 Å². The number of carbonyl (C=O) groups is 2. The summed E-state index contributed by atoms with van der Waals surface area (Å²) in [4.78, 5) is 41.7. The summed E-state index contributed by atoms with van der Waals surface area (Å²) in [6.45, 7) is 6.20. The lowest BCUT2D eigenvalue weighted by molar-refractivity contribution is -0.137. The number of nitrogens with two attached hydrogens (primary N) is 1. The first-order chi connectivity index (χ1) is 13.1. The maximum absolute atomic E-state index is 13.0. The summed E-state index contributed by atoms with van der Waals surface area (Å²) in [6, 6.07) is 0.473. The molecule has 154 valence electrons. The maximum Gasteiger partial charge on any atom is 0.291 e. The zero-order chi connectivity index (χ0) is 20.8. The molecule has 28 heavy (non-hydrogen) atoms. The number of carbonyl (C=O) groups excluding carboxylic acids is 2. The van der Waals surface area contributed by atoms with Gasteiger partial charge in [0.1, 0.15) is 11.4 Å². The maximum atomic E-state index is 13.0. The summed E-state index contributed by atoms with van der Waals surface area (Å²) in [5.41, 5.74) is 6.55. The third-order valence-corrected chi connectivity index (χ3v) is 6.25. The van der Waals surface area contributed by atoms with Gasteiger partial charge in [0.25, 0.3) is 5.91 Å². The molecule has 2 amide bonds. The Balaban J connectivity index is 1.81. The normalized spacial score (nSPS) is 21.4. The molecular weight excluding hydrogens is 358 g/mol. The van der Waals surface area contributed by atoms with E-state index in [0.717, 1.165) is 36.6 Å². The van der Waals surface area contributed by atoms with E-state index in [-0.39, 0.29) is 24.8 Å². The van der Waals surface area contributed by atoms with Crippen molar-refractivity contribution in [3.63, 3.8) is 0 Å². The molecule has 9 heteroatoms. The van der Waals surface area contributed by atoms with Gasteiger partial charge in [0.2, 0.25) is 11.7 Å². The van der Waals surface area contributed by atoms with Gasteiger partial charge in [-0.2, -0.15) is 0 Å². The van der Waals surface area contributed by atoms with E-state index in [4.69, 9.17) is 5.73 Å². The molecule has 9 nitrogen and oxygen atoms in total. The summed E-state index contributed by atoms with van der Waals surface area (Å²) >= 11 is 0. The van der Waals surface area contributed by atoms with Crippen LogP contribution in [-0.4, -0.2) is 102 Å². The Morgan fingerprint density at radius 1 is 1.14 bits per heavy atom.